The van der Waals surface area contributed by atoms with E-state index in [1.54, 1.807) is 30.3 Å². The Bertz CT molecular complexity index is 1210. The van der Waals surface area contributed by atoms with Crippen molar-refractivity contribution in [1.82, 2.24) is 0 Å². The summed E-state index contributed by atoms with van der Waals surface area (Å²) in [6.07, 6.45) is 0. The zero-order valence-electron chi connectivity index (χ0n) is 18.2. The Balaban J connectivity index is 1.77. The van der Waals surface area contributed by atoms with Crippen LogP contribution in [0.5, 0.6) is 28.7 Å². The van der Waals surface area contributed by atoms with E-state index in [2.05, 4.69) is 0 Å². The molecule has 0 atom stereocenters. The number of aryl methyl sites for hydroxylation is 1. The molecule has 4 aromatic rings. The number of hydrogen-bond donors (Lipinski definition) is 3. The molecule has 0 saturated carbocycles. The standard InChI is InChI=1S/C27H25NO4/c1-17-7-4-12-26(27(17)31)32-21-15-13-20(14-16-21)28(22-8-5-10-24(29)18(22)2)23-9-6-11-25(30)19(23)3/h4-16,29-31H,1-3H3. The highest BCUT2D eigenvalue weighted by atomic mass is 16.5. The van der Waals surface area contributed by atoms with E-state index in [4.69, 9.17) is 4.74 Å². The van der Waals surface area contributed by atoms with E-state index < -0.39 is 0 Å². The van der Waals surface area contributed by atoms with Gasteiger partial charge in [0.2, 0.25) is 0 Å². The van der Waals surface area contributed by atoms with Gasteiger partial charge in [0.1, 0.15) is 17.2 Å². The molecule has 0 aliphatic carbocycles. The highest BCUT2D eigenvalue weighted by Crippen LogP contribution is 2.42. The molecule has 4 aromatic carbocycles. The van der Waals surface area contributed by atoms with E-state index in [1.165, 1.54) is 0 Å². The zero-order chi connectivity index (χ0) is 22.8. The van der Waals surface area contributed by atoms with Crippen molar-refractivity contribution in [2.75, 3.05) is 4.90 Å². The lowest BCUT2D eigenvalue weighted by Crippen LogP contribution is -2.12. The van der Waals surface area contributed by atoms with Crippen LogP contribution in [0.2, 0.25) is 0 Å². The SMILES string of the molecule is Cc1cccc(Oc2ccc(N(c3cccc(O)c3C)c3cccc(O)c3C)cc2)c1O. The molecule has 3 N–H and O–H groups in total. The topological polar surface area (TPSA) is 73.2 Å². The van der Waals surface area contributed by atoms with Gasteiger partial charge >= 0.3 is 0 Å². The quantitative estimate of drug-likeness (QED) is 0.320. The van der Waals surface area contributed by atoms with Gasteiger partial charge < -0.3 is 25.0 Å². The van der Waals surface area contributed by atoms with Crippen LogP contribution >= 0.6 is 0 Å². The molecule has 0 heterocycles. The molecule has 32 heavy (non-hydrogen) atoms. The summed E-state index contributed by atoms with van der Waals surface area (Å²) in [6, 6.07) is 23.5. The third-order valence-electron chi connectivity index (χ3n) is 5.56. The van der Waals surface area contributed by atoms with Gasteiger partial charge in [0.05, 0.1) is 11.4 Å². The first-order valence-electron chi connectivity index (χ1n) is 10.3. The molecule has 0 aliphatic rings. The summed E-state index contributed by atoms with van der Waals surface area (Å²) in [6.45, 7) is 5.53. The maximum Gasteiger partial charge on any atom is 0.169 e. The summed E-state index contributed by atoms with van der Waals surface area (Å²) < 4.78 is 5.87. The largest absolute Gasteiger partial charge is 0.508 e. The molecule has 162 valence electrons. The number of nitrogens with zero attached hydrogens (tertiary/aromatic N) is 1. The second-order valence-electron chi connectivity index (χ2n) is 7.70. The number of phenolic OH excluding ortho intramolecular Hbond substituents is 3. The van der Waals surface area contributed by atoms with Crippen molar-refractivity contribution in [3.8, 4) is 28.7 Å². The summed E-state index contributed by atoms with van der Waals surface area (Å²) in [4.78, 5) is 1.98. The normalized spacial score (nSPS) is 10.7. The Hall–Kier alpha value is -4.12. The van der Waals surface area contributed by atoms with Crippen molar-refractivity contribution in [1.29, 1.82) is 0 Å². The van der Waals surface area contributed by atoms with Crippen molar-refractivity contribution in [2.45, 2.75) is 20.8 Å². The highest BCUT2D eigenvalue weighted by molar-refractivity contribution is 5.82. The van der Waals surface area contributed by atoms with Gasteiger partial charge in [-0.3, -0.25) is 0 Å². The van der Waals surface area contributed by atoms with Crippen LogP contribution in [0.1, 0.15) is 16.7 Å². The van der Waals surface area contributed by atoms with Crippen molar-refractivity contribution >= 4 is 17.1 Å². The Morgan fingerprint density at radius 3 is 1.72 bits per heavy atom. The van der Waals surface area contributed by atoms with Gasteiger partial charge in [-0.05, 0) is 80.9 Å². The molecule has 0 aliphatic heterocycles. The number of hydrogen-bond acceptors (Lipinski definition) is 5. The van der Waals surface area contributed by atoms with Crippen molar-refractivity contribution in [2.24, 2.45) is 0 Å². The number of rotatable bonds is 5. The fourth-order valence-corrected chi connectivity index (χ4v) is 3.62. The predicted molar refractivity (Wildman–Crippen MR) is 127 cm³/mol. The average molecular weight is 428 g/mol. The molecular formula is C27H25NO4. The van der Waals surface area contributed by atoms with Gasteiger partial charge in [-0.1, -0.05) is 24.3 Å². The van der Waals surface area contributed by atoms with Crippen LogP contribution in [0.25, 0.3) is 0 Å². The first-order chi connectivity index (χ1) is 15.4. The first kappa shape index (κ1) is 21.1. The molecule has 0 aromatic heterocycles. The van der Waals surface area contributed by atoms with Gasteiger partial charge in [-0.2, -0.15) is 0 Å². The molecule has 4 rings (SSSR count). The van der Waals surface area contributed by atoms with Crippen LogP contribution in [0.4, 0.5) is 17.1 Å². The van der Waals surface area contributed by atoms with Gasteiger partial charge in [0.25, 0.3) is 0 Å². The lowest BCUT2D eigenvalue weighted by Gasteiger charge is -2.29. The first-order valence-corrected chi connectivity index (χ1v) is 10.3. The van der Waals surface area contributed by atoms with Crippen LogP contribution in [-0.2, 0) is 0 Å². The molecule has 0 bridgehead atoms. The van der Waals surface area contributed by atoms with Crippen molar-refractivity contribution < 1.29 is 20.1 Å². The average Bonchev–Trinajstić information content (AvgIpc) is 2.78. The van der Waals surface area contributed by atoms with Gasteiger partial charge in [-0.25, -0.2) is 0 Å². The zero-order valence-corrected chi connectivity index (χ0v) is 18.2. The smallest absolute Gasteiger partial charge is 0.169 e. The molecule has 0 amide bonds. The van der Waals surface area contributed by atoms with Gasteiger partial charge in [-0.15, -0.1) is 0 Å². The molecule has 0 spiro atoms. The Labute approximate surface area is 187 Å². The van der Waals surface area contributed by atoms with E-state index in [9.17, 15) is 15.3 Å². The Morgan fingerprint density at radius 1 is 0.625 bits per heavy atom. The molecule has 0 fully saturated rings. The van der Waals surface area contributed by atoms with E-state index in [1.807, 2.05) is 74.2 Å². The van der Waals surface area contributed by atoms with E-state index in [0.717, 1.165) is 33.8 Å². The number of ether oxygens (including phenoxy) is 1. The summed E-state index contributed by atoms with van der Waals surface area (Å²) in [5, 5.41) is 30.8. The lowest BCUT2D eigenvalue weighted by molar-refractivity contribution is 0.408. The Kier molecular flexibility index (Phi) is 5.65. The number of phenols is 3. The van der Waals surface area contributed by atoms with E-state index in [0.29, 0.717) is 11.5 Å². The minimum Gasteiger partial charge on any atom is -0.508 e. The summed E-state index contributed by atoms with van der Waals surface area (Å²) in [7, 11) is 0. The number of para-hydroxylation sites is 1. The van der Waals surface area contributed by atoms with Crippen molar-refractivity contribution in [3.05, 3.63) is 95.6 Å². The van der Waals surface area contributed by atoms with E-state index in [-0.39, 0.29) is 17.2 Å². The molecule has 5 heteroatoms. The van der Waals surface area contributed by atoms with Crippen LogP contribution in [-0.4, -0.2) is 15.3 Å². The number of benzene rings is 4. The third-order valence-corrected chi connectivity index (χ3v) is 5.56. The fourth-order valence-electron chi connectivity index (χ4n) is 3.62. The van der Waals surface area contributed by atoms with Crippen LogP contribution in [0.3, 0.4) is 0 Å². The molecule has 0 unspecified atom stereocenters. The predicted octanol–water partition coefficient (Wildman–Crippen LogP) is 6.99. The molecule has 0 radical (unpaired) electrons. The summed E-state index contributed by atoms with van der Waals surface area (Å²) in [5.74, 6) is 1.47. The Morgan fingerprint density at radius 2 is 1.16 bits per heavy atom. The minimum absolute atomic E-state index is 0.115. The van der Waals surface area contributed by atoms with Gasteiger partial charge in [0, 0.05) is 16.8 Å². The van der Waals surface area contributed by atoms with Crippen LogP contribution in [0, 0.1) is 20.8 Å². The minimum atomic E-state index is 0.115. The fraction of sp³-hybridized carbons (Fsp3) is 0.111. The number of aromatic hydroxyl groups is 3. The third kappa shape index (κ3) is 3.93. The second kappa shape index (κ2) is 8.55. The number of anilines is 3. The summed E-state index contributed by atoms with van der Waals surface area (Å²) >= 11 is 0. The van der Waals surface area contributed by atoms with Gasteiger partial charge in [0.15, 0.2) is 11.5 Å². The summed E-state index contributed by atoms with van der Waals surface area (Å²) in [5.41, 5.74) is 4.60. The molecule has 5 nitrogen and oxygen atoms in total. The van der Waals surface area contributed by atoms with Crippen LogP contribution in [0.15, 0.2) is 78.9 Å². The maximum atomic E-state index is 10.3. The van der Waals surface area contributed by atoms with E-state index >= 15 is 0 Å². The maximum absolute atomic E-state index is 10.3. The second-order valence-corrected chi connectivity index (χ2v) is 7.70. The van der Waals surface area contributed by atoms with Crippen molar-refractivity contribution in [3.63, 3.8) is 0 Å². The van der Waals surface area contributed by atoms with Crippen LogP contribution < -0.4 is 9.64 Å². The lowest BCUT2D eigenvalue weighted by atomic mass is 10.1. The molecular weight excluding hydrogens is 402 g/mol. The molecule has 0 saturated heterocycles. The highest BCUT2D eigenvalue weighted by Gasteiger charge is 2.19. The monoisotopic (exact) mass is 427 g/mol.